The van der Waals surface area contributed by atoms with Crippen LogP contribution in [0.4, 0.5) is 8.78 Å². The van der Waals surface area contributed by atoms with Gasteiger partial charge in [-0.2, -0.15) is 0 Å². The summed E-state index contributed by atoms with van der Waals surface area (Å²) in [6.45, 7) is 0. The molecule has 0 N–H and O–H groups in total. The van der Waals surface area contributed by atoms with Crippen LogP contribution in [0.15, 0.2) is 42.6 Å². The van der Waals surface area contributed by atoms with Crippen molar-refractivity contribution in [1.82, 2.24) is 4.98 Å². The lowest BCUT2D eigenvalue weighted by Gasteiger charge is -2.03. The minimum absolute atomic E-state index is 0.112. The number of hydrogen-bond donors (Lipinski definition) is 0. The Morgan fingerprint density at radius 1 is 1.06 bits per heavy atom. The molecule has 0 saturated heterocycles. The zero-order valence-electron chi connectivity index (χ0n) is 8.86. The van der Waals surface area contributed by atoms with Gasteiger partial charge in [0.15, 0.2) is 5.78 Å². The van der Waals surface area contributed by atoms with Crippen molar-refractivity contribution in [3.05, 3.63) is 65.5 Å². The number of carbonyl (C=O) groups is 1. The van der Waals surface area contributed by atoms with Gasteiger partial charge in [0.05, 0.1) is 12.0 Å². The maximum absolute atomic E-state index is 13.3. The topological polar surface area (TPSA) is 30.0 Å². The SMILES string of the molecule is O=C(Cc1ccccn1)c1c(F)cccc1F. The Labute approximate surface area is 96.9 Å². The highest BCUT2D eigenvalue weighted by Gasteiger charge is 2.17. The van der Waals surface area contributed by atoms with Gasteiger partial charge in [-0.1, -0.05) is 12.1 Å². The average Bonchev–Trinajstić information content (AvgIpc) is 2.30. The third-order valence-electron chi connectivity index (χ3n) is 2.31. The molecule has 0 radical (unpaired) electrons. The Kier molecular flexibility index (Phi) is 3.23. The molecule has 17 heavy (non-hydrogen) atoms. The van der Waals surface area contributed by atoms with Crippen LogP contribution < -0.4 is 0 Å². The lowest BCUT2D eigenvalue weighted by molar-refractivity contribution is 0.0984. The Balaban J connectivity index is 2.27. The van der Waals surface area contributed by atoms with Crippen LogP contribution in [0.2, 0.25) is 0 Å². The van der Waals surface area contributed by atoms with E-state index < -0.39 is 23.0 Å². The van der Waals surface area contributed by atoms with E-state index in [-0.39, 0.29) is 6.42 Å². The molecule has 4 heteroatoms. The number of nitrogens with zero attached hydrogens (tertiary/aromatic N) is 1. The lowest BCUT2D eigenvalue weighted by atomic mass is 10.1. The third-order valence-corrected chi connectivity index (χ3v) is 2.31. The van der Waals surface area contributed by atoms with Gasteiger partial charge in [0.2, 0.25) is 0 Å². The van der Waals surface area contributed by atoms with Gasteiger partial charge in [-0.05, 0) is 24.3 Å². The first-order valence-electron chi connectivity index (χ1n) is 5.05. The zero-order valence-corrected chi connectivity index (χ0v) is 8.86. The van der Waals surface area contributed by atoms with E-state index in [1.807, 2.05) is 0 Å². The Morgan fingerprint density at radius 2 is 1.76 bits per heavy atom. The number of ketones is 1. The van der Waals surface area contributed by atoms with Crippen molar-refractivity contribution >= 4 is 5.78 Å². The number of hydrogen-bond acceptors (Lipinski definition) is 2. The molecule has 1 aromatic heterocycles. The van der Waals surface area contributed by atoms with Gasteiger partial charge in [-0.15, -0.1) is 0 Å². The fourth-order valence-corrected chi connectivity index (χ4v) is 1.52. The molecule has 0 unspecified atom stereocenters. The van der Waals surface area contributed by atoms with Gasteiger partial charge in [0.1, 0.15) is 11.6 Å². The number of Topliss-reactive ketones (excluding diaryl/α,β-unsaturated/α-hetero) is 1. The van der Waals surface area contributed by atoms with Crippen LogP contribution in [0.5, 0.6) is 0 Å². The third kappa shape index (κ3) is 2.53. The summed E-state index contributed by atoms with van der Waals surface area (Å²) in [6.07, 6.45) is 1.42. The van der Waals surface area contributed by atoms with Crippen molar-refractivity contribution < 1.29 is 13.6 Å². The van der Waals surface area contributed by atoms with Gasteiger partial charge >= 0.3 is 0 Å². The maximum Gasteiger partial charge on any atom is 0.174 e. The molecule has 0 aliphatic heterocycles. The first-order valence-corrected chi connectivity index (χ1v) is 5.05. The molecule has 0 spiro atoms. The fourth-order valence-electron chi connectivity index (χ4n) is 1.52. The normalized spacial score (nSPS) is 10.2. The lowest BCUT2D eigenvalue weighted by Crippen LogP contribution is -2.09. The minimum Gasteiger partial charge on any atom is -0.294 e. The monoisotopic (exact) mass is 233 g/mol. The second-order valence-electron chi connectivity index (χ2n) is 3.52. The van der Waals surface area contributed by atoms with E-state index in [9.17, 15) is 13.6 Å². The maximum atomic E-state index is 13.3. The Hall–Kier alpha value is -2.10. The van der Waals surface area contributed by atoms with E-state index >= 15 is 0 Å². The van der Waals surface area contributed by atoms with Gasteiger partial charge in [-0.3, -0.25) is 9.78 Å². The van der Waals surface area contributed by atoms with Crippen molar-refractivity contribution in [3.8, 4) is 0 Å². The van der Waals surface area contributed by atoms with Crippen LogP contribution in [-0.2, 0) is 6.42 Å². The van der Waals surface area contributed by atoms with Crippen LogP contribution in [0.3, 0.4) is 0 Å². The quantitative estimate of drug-likeness (QED) is 0.763. The summed E-state index contributed by atoms with van der Waals surface area (Å²) in [5, 5.41) is 0. The van der Waals surface area contributed by atoms with Crippen molar-refractivity contribution in [2.24, 2.45) is 0 Å². The van der Waals surface area contributed by atoms with Gasteiger partial charge < -0.3 is 0 Å². The number of carbonyl (C=O) groups excluding carboxylic acids is 1. The summed E-state index contributed by atoms with van der Waals surface area (Å²) in [4.78, 5) is 15.7. The summed E-state index contributed by atoms with van der Waals surface area (Å²) in [6, 6.07) is 8.41. The van der Waals surface area contributed by atoms with Gasteiger partial charge in [0.25, 0.3) is 0 Å². The van der Waals surface area contributed by atoms with Crippen LogP contribution in [0.25, 0.3) is 0 Å². The van der Waals surface area contributed by atoms with E-state index in [2.05, 4.69) is 4.98 Å². The highest BCUT2D eigenvalue weighted by Crippen LogP contribution is 2.14. The van der Waals surface area contributed by atoms with Crippen LogP contribution in [0, 0.1) is 11.6 Å². The number of pyridine rings is 1. The number of halogens is 2. The largest absolute Gasteiger partial charge is 0.294 e. The number of benzene rings is 1. The molecule has 0 amide bonds. The zero-order chi connectivity index (χ0) is 12.3. The van der Waals surface area contributed by atoms with E-state index in [1.165, 1.54) is 12.3 Å². The van der Waals surface area contributed by atoms with Crippen molar-refractivity contribution in [2.45, 2.75) is 6.42 Å². The molecule has 1 aromatic carbocycles. The predicted octanol–water partition coefficient (Wildman–Crippen LogP) is 2.79. The van der Waals surface area contributed by atoms with Gasteiger partial charge in [0, 0.05) is 11.9 Å². The standard InChI is InChI=1S/C13H9F2NO/c14-10-5-3-6-11(15)13(10)12(17)8-9-4-1-2-7-16-9/h1-7H,8H2. The molecule has 1 heterocycles. The van der Waals surface area contributed by atoms with Crippen molar-refractivity contribution in [1.29, 1.82) is 0 Å². The molecule has 2 aromatic rings. The second kappa shape index (κ2) is 4.82. The second-order valence-corrected chi connectivity index (χ2v) is 3.52. The first-order chi connectivity index (χ1) is 8.18. The summed E-state index contributed by atoms with van der Waals surface area (Å²) in [7, 11) is 0. The Bertz CT molecular complexity index is 520. The molecule has 0 aliphatic rings. The van der Waals surface area contributed by atoms with E-state index in [0.29, 0.717) is 5.69 Å². The van der Waals surface area contributed by atoms with E-state index in [1.54, 1.807) is 18.2 Å². The molecule has 0 fully saturated rings. The minimum atomic E-state index is -0.842. The highest BCUT2D eigenvalue weighted by atomic mass is 19.1. The van der Waals surface area contributed by atoms with Gasteiger partial charge in [-0.25, -0.2) is 8.78 Å². The molecule has 86 valence electrons. The molecule has 2 rings (SSSR count). The smallest absolute Gasteiger partial charge is 0.174 e. The van der Waals surface area contributed by atoms with Crippen LogP contribution >= 0.6 is 0 Å². The fraction of sp³-hybridized carbons (Fsp3) is 0.0769. The van der Waals surface area contributed by atoms with E-state index in [4.69, 9.17) is 0 Å². The number of rotatable bonds is 3. The van der Waals surface area contributed by atoms with Crippen molar-refractivity contribution in [3.63, 3.8) is 0 Å². The highest BCUT2D eigenvalue weighted by molar-refractivity contribution is 5.97. The first kappa shape index (κ1) is 11.4. The van der Waals surface area contributed by atoms with E-state index in [0.717, 1.165) is 12.1 Å². The molecule has 0 atom stereocenters. The summed E-state index contributed by atoms with van der Waals surface area (Å²) >= 11 is 0. The Morgan fingerprint density at radius 3 is 2.35 bits per heavy atom. The summed E-state index contributed by atoms with van der Waals surface area (Å²) in [5.41, 5.74) is -0.0155. The van der Waals surface area contributed by atoms with Crippen molar-refractivity contribution in [2.75, 3.05) is 0 Å². The molecule has 0 aliphatic carbocycles. The summed E-state index contributed by atoms with van der Waals surface area (Å²) in [5.74, 6) is -2.30. The predicted molar refractivity (Wildman–Crippen MR) is 58.6 cm³/mol. The average molecular weight is 233 g/mol. The molecular formula is C13H9F2NO. The number of aromatic nitrogens is 1. The molecule has 2 nitrogen and oxygen atoms in total. The summed E-state index contributed by atoms with van der Waals surface area (Å²) < 4.78 is 26.6. The molecular weight excluding hydrogens is 224 g/mol. The van der Waals surface area contributed by atoms with Crippen LogP contribution in [0.1, 0.15) is 16.1 Å². The van der Waals surface area contributed by atoms with Crippen LogP contribution in [-0.4, -0.2) is 10.8 Å². The molecule has 0 saturated carbocycles. The molecule has 0 bridgehead atoms.